The Labute approximate surface area is 110 Å². The minimum atomic E-state index is -0.536. The molecular formula is C15H26N2O. The highest BCUT2D eigenvalue weighted by molar-refractivity contribution is 5.13. The Bertz CT molecular complexity index is 413. The number of hydrogen-bond acceptors (Lipinski definition) is 2. The maximum atomic E-state index is 10.9. The Hall–Kier alpha value is -0.830. The molecule has 1 aromatic rings. The van der Waals surface area contributed by atoms with Crippen LogP contribution in [0.15, 0.2) is 6.07 Å². The van der Waals surface area contributed by atoms with Crippen molar-refractivity contribution in [3.05, 3.63) is 17.5 Å². The molecule has 1 N–H and O–H groups in total. The SMILES string of the molecule is CCc1cc(CC2(O)CCC(C)CC2C)n(C)n1. The third kappa shape index (κ3) is 2.61. The Morgan fingerprint density at radius 1 is 1.50 bits per heavy atom. The second-order valence-electron chi connectivity index (χ2n) is 6.17. The van der Waals surface area contributed by atoms with Crippen LogP contribution in [0.4, 0.5) is 0 Å². The minimum Gasteiger partial charge on any atom is -0.389 e. The first-order chi connectivity index (χ1) is 8.44. The van der Waals surface area contributed by atoms with Gasteiger partial charge in [0.15, 0.2) is 0 Å². The second kappa shape index (κ2) is 5.04. The summed E-state index contributed by atoms with van der Waals surface area (Å²) in [7, 11) is 1.98. The summed E-state index contributed by atoms with van der Waals surface area (Å²) in [6.07, 6.45) is 4.89. The fraction of sp³-hybridized carbons (Fsp3) is 0.800. The molecule has 3 unspecified atom stereocenters. The lowest BCUT2D eigenvalue weighted by Gasteiger charge is -2.40. The molecule has 0 amide bonds. The maximum Gasteiger partial charge on any atom is 0.0728 e. The average molecular weight is 250 g/mol. The van der Waals surface area contributed by atoms with Crippen LogP contribution < -0.4 is 0 Å². The topological polar surface area (TPSA) is 38.0 Å². The predicted octanol–water partition coefficient (Wildman–Crippen LogP) is 2.71. The minimum absolute atomic E-state index is 0.376. The first kappa shape index (κ1) is 13.6. The zero-order chi connectivity index (χ0) is 13.3. The molecular weight excluding hydrogens is 224 g/mol. The van der Waals surface area contributed by atoms with Crippen LogP contribution in [0.5, 0.6) is 0 Å². The van der Waals surface area contributed by atoms with Gasteiger partial charge in [0.25, 0.3) is 0 Å². The van der Waals surface area contributed by atoms with E-state index < -0.39 is 5.60 Å². The highest BCUT2D eigenvalue weighted by Gasteiger charge is 2.38. The fourth-order valence-electron chi connectivity index (χ4n) is 3.17. The summed E-state index contributed by atoms with van der Waals surface area (Å²) in [5.41, 5.74) is 1.74. The van der Waals surface area contributed by atoms with E-state index in [4.69, 9.17) is 0 Å². The van der Waals surface area contributed by atoms with Gasteiger partial charge in [0, 0.05) is 19.2 Å². The standard InChI is InChI=1S/C15H26N2O/c1-5-13-9-14(17(4)16-13)10-15(18)7-6-11(2)8-12(15)3/h9,11-12,18H,5-8,10H2,1-4H3. The fourth-order valence-corrected chi connectivity index (χ4v) is 3.17. The Balaban J connectivity index is 2.14. The number of aromatic nitrogens is 2. The third-order valence-corrected chi connectivity index (χ3v) is 4.62. The molecule has 1 saturated carbocycles. The Kier molecular flexibility index (Phi) is 3.81. The number of nitrogens with zero attached hydrogens (tertiary/aromatic N) is 2. The van der Waals surface area contributed by atoms with E-state index in [2.05, 4.69) is 31.9 Å². The molecule has 2 rings (SSSR count). The van der Waals surface area contributed by atoms with Crippen molar-refractivity contribution < 1.29 is 5.11 Å². The van der Waals surface area contributed by atoms with E-state index in [1.807, 2.05) is 11.7 Å². The molecule has 0 saturated heterocycles. The van der Waals surface area contributed by atoms with Crippen molar-refractivity contribution in [3.63, 3.8) is 0 Å². The van der Waals surface area contributed by atoms with E-state index in [0.717, 1.165) is 49.4 Å². The maximum absolute atomic E-state index is 10.9. The van der Waals surface area contributed by atoms with Crippen LogP contribution in [0.1, 0.15) is 51.4 Å². The van der Waals surface area contributed by atoms with Crippen molar-refractivity contribution in [1.82, 2.24) is 9.78 Å². The predicted molar refractivity (Wildman–Crippen MR) is 73.4 cm³/mol. The van der Waals surface area contributed by atoms with Crippen LogP contribution in [0.3, 0.4) is 0 Å². The molecule has 0 spiro atoms. The van der Waals surface area contributed by atoms with Gasteiger partial charge in [-0.05, 0) is 43.6 Å². The summed E-state index contributed by atoms with van der Waals surface area (Å²) in [4.78, 5) is 0. The molecule has 1 aliphatic carbocycles. The molecule has 1 aromatic heterocycles. The first-order valence-corrected chi connectivity index (χ1v) is 7.18. The summed E-state index contributed by atoms with van der Waals surface area (Å²) in [5.74, 6) is 1.12. The van der Waals surface area contributed by atoms with Gasteiger partial charge in [-0.1, -0.05) is 20.8 Å². The van der Waals surface area contributed by atoms with Crippen LogP contribution in [0, 0.1) is 11.8 Å². The van der Waals surface area contributed by atoms with E-state index in [-0.39, 0.29) is 0 Å². The van der Waals surface area contributed by atoms with E-state index in [9.17, 15) is 5.11 Å². The van der Waals surface area contributed by atoms with Crippen molar-refractivity contribution in [1.29, 1.82) is 0 Å². The molecule has 0 radical (unpaired) electrons. The Morgan fingerprint density at radius 2 is 2.22 bits per heavy atom. The summed E-state index contributed by atoms with van der Waals surface area (Å²) < 4.78 is 1.93. The number of rotatable bonds is 3. The Morgan fingerprint density at radius 3 is 2.78 bits per heavy atom. The molecule has 102 valence electrons. The zero-order valence-corrected chi connectivity index (χ0v) is 12.1. The monoisotopic (exact) mass is 250 g/mol. The van der Waals surface area contributed by atoms with Gasteiger partial charge in [0.1, 0.15) is 0 Å². The van der Waals surface area contributed by atoms with E-state index >= 15 is 0 Å². The quantitative estimate of drug-likeness (QED) is 0.895. The van der Waals surface area contributed by atoms with Crippen molar-refractivity contribution in [3.8, 4) is 0 Å². The molecule has 3 heteroatoms. The van der Waals surface area contributed by atoms with Gasteiger partial charge in [-0.15, -0.1) is 0 Å². The summed E-state index contributed by atoms with van der Waals surface area (Å²) in [5, 5.41) is 15.3. The van der Waals surface area contributed by atoms with Gasteiger partial charge in [0.05, 0.1) is 11.3 Å². The molecule has 18 heavy (non-hydrogen) atoms. The highest BCUT2D eigenvalue weighted by atomic mass is 16.3. The molecule has 3 atom stereocenters. The number of hydrogen-bond donors (Lipinski definition) is 1. The lowest BCUT2D eigenvalue weighted by Crippen LogP contribution is -2.43. The molecule has 1 heterocycles. The van der Waals surface area contributed by atoms with Gasteiger partial charge >= 0.3 is 0 Å². The zero-order valence-electron chi connectivity index (χ0n) is 12.1. The summed E-state index contributed by atoms with van der Waals surface area (Å²) >= 11 is 0. The van der Waals surface area contributed by atoms with Crippen LogP contribution in [-0.2, 0) is 19.9 Å². The van der Waals surface area contributed by atoms with Crippen molar-refractivity contribution in [2.45, 2.75) is 58.5 Å². The molecule has 1 fully saturated rings. The van der Waals surface area contributed by atoms with Crippen molar-refractivity contribution in [2.75, 3.05) is 0 Å². The molecule has 0 aromatic carbocycles. The largest absolute Gasteiger partial charge is 0.389 e. The first-order valence-electron chi connectivity index (χ1n) is 7.18. The highest BCUT2D eigenvalue weighted by Crippen LogP contribution is 2.38. The van der Waals surface area contributed by atoms with Gasteiger partial charge in [-0.3, -0.25) is 4.68 Å². The van der Waals surface area contributed by atoms with Crippen LogP contribution in [0.25, 0.3) is 0 Å². The van der Waals surface area contributed by atoms with Crippen molar-refractivity contribution in [2.24, 2.45) is 18.9 Å². The average Bonchev–Trinajstić information content (AvgIpc) is 2.66. The normalized spacial score (nSPS) is 32.7. The van der Waals surface area contributed by atoms with E-state index in [1.165, 1.54) is 0 Å². The van der Waals surface area contributed by atoms with Crippen LogP contribution in [-0.4, -0.2) is 20.5 Å². The lowest BCUT2D eigenvalue weighted by atomic mass is 9.70. The molecule has 1 aliphatic rings. The van der Waals surface area contributed by atoms with Gasteiger partial charge in [-0.25, -0.2) is 0 Å². The van der Waals surface area contributed by atoms with Crippen LogP contribution >= 0.6 is 0 Å². The lowest BCUT2D eigenvalue weighted by molar-refractivity contribution is -0.0534. The molecule has 0 aliphatic heterocycles. The smallest absolute Gasteiger partial charge is 0.0728 e. The van der Waals surface area contributed by atoms with Gasteiger partial charge < -0.3 is 5.11 Å². The van der Waals surface area contributed by atoms with E-state index in [0.29, 0.717) is 5.92 Å². The molecule has 3 nitrogen and oxygen atoms in total. The molecule has 0 bridgehead atoms. The summed E-state index contributed by atoms with van der Waals surface area (Å²) in [6, 6.07) is 2.14. The van der Waals surface area contributed by atoms with Gasteiger partial charge in [0.2, 0.25) is 0 Å². The summed E-state index contributed by atoms with van der Waals surface area (Å²) in [6.45, 7) is 6.59. The number of aryl methyl sites for hydroxylation is 2. The van der Waals surface area contributed by atoms with Crippen molar-refractivity contribution >= 4 is 0 Å². The number of aliphatic hydroxyl groups is 1. The van der Waals surface area contributed by atoms with Crippen LogP contribution in [0.2, 0.25) is 0 Å². The third-order valence-electron chi connectivity index (χ3n) is 4.62. The van der Waals surface area contributed by atoms with Gasteiger partial charge in [-0.2, -0.15) is 5.10 Å². The van der Waals surface area contributed by atoms with E-state index in [1.54, 1.807) is 0 Å². The second-order valence-corrected chi connectivity index (χ2v) is 6.17.